The van der Waals surface area contributed by atoms with Gasteiger partial charge >= 0.3 is 18.5 Å². The Kier molecular flexibility index (Phi) is 7.47. The van der Waals surface area contributed by atoms with Crippen molar-refractivity contribution in [3.63, 3.8) is 0 Å². The molecule has 0 radical (unpaired) electrons. The average molecular weight is 496 g/mol. The van der Waals surface area contributed by atoms with E-state index in [0.29, 0.717) is 34.2 Å². The Balaban J connectivity index is 2.10. The van der Waals surface area contributed by atoms with E-state index in [4.69, 9.17) is 0 Å². The number of alkyl halides is 6. The van der Waals surface area contributed by atoms with Crippen LogP contribution in [0.3, 0.4) is 0 Å². The predicted molar refractivity (Wildman–Crippen MR) is 119 cm³/mol. The lowest BCUT2D eigenvalue weighted by molar-refractivity contribution is -0.274. The van der Waals surface area contributed by atoms with Crippen LogP contribution in [-0.4, -0.2) is 17.4 Å². The first-order valence-corrected chi connectivity index (χ1v) is 10.6. The summed E-state index contributed by atoms with van der Waals surface area (Å²) in [6.07, 6.45) is -9.02. The Morgan fingerprint density at radius 1 is 0.800 bits per heavy atom. The lowest BCUT2D eigenvalue weighted by atomic mass is 9.86. The number of halogens is 6. The van der Waals surface area contributed by atoms with Crippen LogP contribution in [0.25, 0.3) is 22.3 Å². The molecule has 0 fully saturated rings. The molecular formula is C26H22F6O3. The van der Waals surface area contributed by atoms with Crippen LogP contribution in [0, 0.1) is 5.92 Å². The molecule has 1 atom stereocenters. The quantitative estimate of drug-likeness (QED) is 0.336. The smallest absolute Gasteiger partial charge is 0.481 e. The van der Waals surface area contributed by atoms with Crippen molar-refractivity contribution in [1.82, 2.24) is 0 Å². The summed E-state index contributed by atoms with van der Waals surface area (Å²) in [6.45, 7) is 3.74. The van der Waals surface area contributed by atoms with Crippen molar-refractivity contribution in [3.8, 4) is 28.0 Å². The van der Waals surface area contributed by atoms with Crippen molar-refractivity contribution in [2.24, 2.45) is 5.92 Å². The highest BCUT2D eigenvalue weighted by Gasteiger charge is 2.31. The molecule has 0 aliphatic carbocycles. The first kappa shape index (κ1) is 26.1. The molecule has 3 rings (SSSR count). The normalized spacial score (nSPS) is 13.1. The van der Waals surface area contributed by atoms with E-state index in [2.05, 4.69) is 4.74 Å². The van der Waals surface area contributed by atoms with Crippen LogP contribution < -0.4 is 4.74 Å². The molecule has 3 aromatic rings. The summed E-state index contributed by atoms with van der Waals surface area (Å²) in [6, 6.07) is 14.4. The lowest BCUT2D eigenvalue weighted by Gasteiger charge is -2.18. The van der Waals surface area contributed by atoms with E-state index in [1.807, 2.05) is 13.8 Å². The SMILES string of the molecule is CC(C)C[C@H](C(=O)O)c1cc(-c2ccc(OC(F)(F)F)cc2)cc(-c2ccc(C(F)(F)F)cc2)c1. The number of benzene rings is 3. The van der Waals surface area contributed by atoms with Gasteiger partial charge in [0.05, 0.1) is 11.5 Å². The maximum atomic E-state index is 13.0. The fourth-order valence-electron chi connectivity index (χ4n) is 3.74. The van der Waals surface area contributed by atoms with Crippen molar-refractivity contribution < 1.29 is 41.0 Å². The number of hydrogen-bond donors (Lipinski definition) is 1. The fourth-order valence-corrected chi connectivity index (χ4v) is 3.74. The van der Waals surface area contributed by atoms with Gasteiger partial charge in [-0.25, -0.2) is 0 Å². The van der Waals surface area contributed by atoms with Crippen LogP contribution in [0.5, 0.6) is 5.75 Å². The minimum atomic E-state index is -4.84. The van der Waals surface area contributed by atoms with Crippen molar-refractivity contribution >= 4 is 5.97 Å². The van der Waals surface area contributed by atoms with Crippen molar-refractivity contribution in [1.29, 1.82) is 0 Å². The summed E-state index contributed by atoms with van der Waals surface area (Å²) in [4.78, 5) is 12.0. The first-order valence-electron chi connectivity index (χ1n) is 10.6. The van der Waals surface area contributed by atoms with Gasteiger partial charge in [0, 0.05) is 0 Å². The second kappa shape index (κ2) is 10.0. The number of carbonyl (C=O) groups is 1. The monoisotopic (exact) mass is 496 g/mol. The summed E-state index contributed by atoms with van der Waals surface area (Å²) >= 11 is 0. The molecule has 0 aliphatic heterocycles. The molecule has 0 aromatic heterocycles. The molecule has 186 valence electrons. The molecule has 0 saturated carbocycles. The van der Waals surface area contributed by atoms with E-state index in [1.165, 1.54) is 24.3 Å². The van der Waals surface area contributed by atoms with E-state index >= 15 is 0 Å². The van der Waals surface area contributed by atoms with Gasteiger partial charge in [-0.2, -0.15) is 13.2 Å². The molecule has 1 N–H and O–H groups in total. The van der Waals surface area contributed by atoms with Crippen molar-refractivity contribution in [3.05, 3.63) is 77.9 Å². The van der Waals surface area contributed by atoms with Gasteiger partial charge in [-0.15, -0.1) is 13.2 Å². The van der Waals surface area contributed by atoms with Gasteiger partial charge in [-0.3, -0.25) is 4.79 Å². The van der Waals surface area contributed by atoms with Gasteiger partial charge in [0.2, 0.25) is 0 Å². The third kappa shape index (κ3) is 7.00. The molecule has 0 aliphatic rings. The highest BCUT2D eigenvalue weighted by Crippen LogP contribution is 2.36. The van der Waals surface area contributed by atoms with Gasteiger partial charge < -0.3 is 9.84 Å². The Hall–Kier alpha value is -3.49. The molecule has 0 bridgehead atoms. The average Bonchev–Trinajstić information content (AvgIpc) is 2.76. The highest BCUT2D eigenvalue weighted by atomic mass is 19.4. The molecule has 3 aromatic carbocycles. The van der Waals surface area contributed by atoms with E-state index < -0.39 is 35.7 Å². The zero-order valence-corrected chi connectivity index (χ0v) is 18.7. The molecule has 0 amide bonds. The van der Waals surface area contributed by atoms with Gasteiger partial charge in [0.1, 0.15) is 5.75 Å². The predicted octanol–water partition coefficient (Wildman–Crippen LogP) is 8.15. The van der Waals surface area contributed by atoms with Crippen LogP contribution in [0.4, 0.5) is 26.3 Å². The van der Waals surface area contributed by atoms with Gasteiger partial charge in [-0.05, 0) is 70.5 Å². The van der Waals surface area contributed by atoms with E-state index in [0.717, 1.165) is 24.3 Å². The maximum Gasteiger partial charge on any atom is 0.573 e. The molecule has 0 saturated heterocycles. The lowest BCUT2D eigenvalue weighted by Crippen LogP contribution is -2.16. The van der Waals surface area contributed by atoms with Crippen LogP contribution in [0.2, 0.25) is 0 Å². The fraction of sp³-hybridized carbons (Fsp3) is 0.269. The highest BCUT2D eigenvalue weighted by molar-refractivity contribution is 5.80. The Morgan fingerprint density at radius 3 is 1.69 bits per heavy atom. The molecule has 0 heterocycles. The molecule has 9 heteroatoms. The van der Waals surface area contributed by atoms with E-state index in [1.54, 1.807) is 18.2 Å². The van der Waals surface area contributed by atoms with Crippen LogP contribution >= 0.6 is 0 Å². The Labute approximate surface area is 198 Å². The summed E-state index contributed by atoms with van der Waals surface area (Å²) in [5, 5.41) is 9.82. The van der Waals surface area contributed by atoms with Crippen LogP contribution in [-0.2, 0) is 11.0 Å². The molecular weight excluding hydrogens is 474 g/mol. The van der Waals surface area contributed by atoms with Crippen molar-refractivity contribution in [2.45, 2.75) is 38.7 Å². The zero-order valence-electron chi connectivity index (χ0n) is 18.7. The van der Waals surface area contributed by atoms with E-state index in [-0.39, 0.29) is 5.92 Å². The van der Waals surface area contributed by atoms with Crippen molar-refractivity contribution in [2.75, 3.05) is 0 Å². The number of aliphatic carboxylic acids is 1. The molecule has 3 nitrogen and oxygen atoms in total. The number of carboxylic acid groups (broad SMARTS) is 1. The summed E-state index contributed by atoms with van der Waals surface area (Å²) in [5.74, 6) is -2.30. The van der Waals surface area contributed by atoms with Gasteiger partial charge in [-0.1, -0.05) is 50.2 Å². The number of rotatable bonds is 7. The third-order valence-corrected chi connectivity index (χ3v) is 5.33. The van der Waals surface area contributed by atoms with Crippen LogP contribution in [0.1, 0.15) is 37.3 Å². The number of carboxylic acids is 1. The third-order valence-electron chi connectivity index (χ3n) is 5.33. The second-order valence-corrected chi connectivity index (χ2v) is 8.51. The number of hydrogen-bond acceptors (Lipinski definition) is 2. The largest absolute Gasteiger partial charge is 0.573 e. The summed E-state index contributed by atoms with van der Waals surface area (Å²) in [7, 11) is 0. The minimum absolute atomic E-state index is 0.0491. The molecule has 0 spiro atoms. The van der Waals surface area contributed by atoms with Gasteiger partial charge in [0.25, 0.3) is 0 Å². The minimum Gasteiger partial charge on any atom is -0.481 e. The topological polar surface area (TPSA) is 46.5 Å². The Morgan fingerprint density at radius 2 is 1.29 bits per heavy atom. The molecule has 35 heavy (non-hydrogen) atoms. The zero-order chi connectivity index (χ0) is 26.0. The van der Waals surface area contributed by atoms with Crippen LogP contribution in [0.15, 0.2) is 66.7 Å². The second-order valence-electron chi connectivity index (χ2n) is 8.51. The summed E-state index contributed by atoms with van der Waals surface area (Å²) < 4.78 is 80.3. The first-order chi connectivity index (χ1) is 16.2. The van der Waals surface area contributed by atoms with E-state index in [9.17, 15) is 36.2 Å². The number of ether oxygens (including phenoxy) is 1. The van der Waals surface area contributed by atoms with Gasteiger partial charge in [0.15, 0.2) is 0 Å². The Bertz CT molecular complexity index is 1160. The maximum absolute atomic E-state index is 13.0. The summed E-state index contributed by atoms with van der Waals surface area (Å²) in [5.41, 5.74) is 1.54. The standard InChI is InChI=1S/C26H22F6O3/c1-15(2)11-23(24(33)34)20-13-18(16-3-7-21(8-4-16)25(27,28)29)12-19(14-20)17-5-9-22(10-6-17)35-26(30,31)32/h3-10,12-15,23H,11H2,1-2H3,(H,33,34)/t23-/m0/s1. The molecule has 0 unspecified atom stereocenters.